The molecule has 2 heterocycles. The molecule has 0 aliphatic rings. The number of nitrogens with zero attached hydrogens (tertiary/aromatic N) is 4. The van der Waals surface area contributed by atoms with Crippen molar-refractivity contribution in [3.63, 3.8) is 0 Å². The molecule has 0 aliphatic carbocycles. The maximum absolute atomic E-state index is 12.7. The Morgan fingerprint density at radius 3 is 2.50 bits per heavy atom. The molecule has 0 aliphatic heterocycles. The molecule has 0 unspecified atom stereocenters. The molecule has 0 amide bonds. The van der Waals surface area contributed by atoms with Gasteiger partial charge in [-0.2, -0.15) is 10.1 Å². The fraction of sp³-hybridized carbons (Fsp3) is 0.217. The van der Waals surface area contributed by atoms with E-state index < -0.39 is 5.97 Å². The first kappa shape index (κ1) is 21.1. The summed E-state index contributed by atoms with van der Waals surface area (Å²) in [5, 5.41) is 8.43. The van der Waals surface area contributed by atoms with Crippen LogP contribution in [-0.4, -0.2) is 40.1 Å². The lowest BCUT2D eigenvalue weighted by atomic mass is 10.2. The number of ether oxygens (including phenoxy) is 3. The molecular weight excluding hydrogens is 412 g/mol. The average Bonchev–Trinajstić information content (AvgIpc) is 3.41. The van der Waals surface area contributed by atoms with Gasteiger partial charge in [-0.15, -0.1) is 0 Å². The minimum atomic E-state index is -0.506. The van der Waals surface area contributed by atoms with Gasteiger partial charge in [0.25, 0.3) is 5.89 Å². The highest BCUT2D eigenvalue weighted by molar-refractivity contribution is 5.92. The lowest BCUT2D eigenvalue weighted by Gasteiger charge is -2.07. The molecule has 0 atom stereocenters. The molecule has 2 aromatic carbocycles. The van der Waals surface area contributed by atoms with Gasteiger partial charge in [-0.05, 0) is 44.2 Å². The number of benzene rings is 2. The lowest BCUT2D eigenvalue weighted by Crippen LogP contribution is -2.08. The van der Waals surface area contributed by atoms with Gasteiger partial charge in [0.15, 0.2) is 18.1 Å². The van der Waals surface area contributed by atoms with Crippen molar-refractivity contribution in [3.8, 4) is 28.6 Å². The molecule has 2 aromatic heterocycles. The lowest BCUT2D eigenvalue weighted by molar-refractivity contribution is 0.0428. The Morgan fingerprint density at radius 1 is 1.03 bits per heavy atom. The van der Waals surface area contributed by atoms with Crippen molar-refractivity contribution in [2.24, 2.45) is 0 Å². The van der Waals surface area contributed by atoms with E-state index in [9.17, 15) is 4.79 Å². The SMILES string of the molecule is COc1ccc(-c2noc(COC(=O)c3c(C)nn(-c4ccccc4)c3C)n2)cc1OC. The van der Waals surface area contributed by atoms with Gasteiger partial charge in [-0.1, -0.05) is 23.4 Å². The fourth-order valence-electron chi connectivity index (χ4n) is 3.36. The number of esters is 1. The Balaban J connectivity index is 1.48. The van der Waals surface area contributed by atoms with E-state index in [-0.39, 0.29) is 12.5 Å². The van der Waals surface area contributed by atoms with E-state index in [1.165, 1.54) is 0 Å². The first-order valence-electron chi connectivity index (χ1n) is 9.85. The maximum atomic E-state index is 12.7. The third kappa shape index (κ3) is 4.04. The summed E-state index contributed by atoms with van der Waals surface area (Å²) >= 11 is 0. The molecule has 0 saturated carbocycles. The Kier molecular flexibility index (Phi) is 5.89. The van der Waals surface area contributed by atoms with Gasteiger partial charge < -0.3 is 18.7 Å². The van der Waals surface area contributed by atoms with E-state index in [4.69, 9.17) is 18.7 Å². The summed E-state index contributed by atoms with van der Waals surface area (Å²) in [5.74, 6) is 1.16. The molecule has 9 heteroatoms. The smallest absolute Gasteiger partial charge is 0.342 e. The number of carbonyl (C=O) groups is 1. The predicted octanol–water partition coefficient (Wildman–Crippen LogP) is 3.91. The van der Waals surface area contributed by atoms with Gasteiger partial charge in [-0.25, -0.2) is 9.48 Å². The van der Waals surface area contributed by atoms with E-state index >= 15 is 0 Å². The van der Waals surface area contributed by atoms with Gasteiger partial charge in [0.1, 0.15) is 5.56 Å². The summed E-state index contributed by atoms with van der Waals surface area (Å²) < 4.78 is 22.9. The Bertz CT molecular complexity index is 1250. The Morgan fingerprint density at radius 2 is 1.78 bits per heavy atom. The highest BCUT2D eigenvalue weighted by Gasteiger charge is 2.22. The number of hydrogen-bond acceptors (Lipinski definition) is 8. The van der Waals surface area contributed by atoms with Crippen LogP contribution < -0.4 is 9.47 Å². The molecule has 0 saturated heterocycles. The summed E-state index contributed by atoms with van der Waals surface area (Å²) in [5.41, 5.74) is 3.22. The van der Waals surface area contributed by atoms with Crippen molar-refractivity contribution in [1.29, 1.82) is 0 Å². The van der Waals surface area contributed by atoms with Crippen molar-refractivity contribution in [2.75, 3.05) is 14.2 Å². The maximum Gasteiger partial charge on any atom is 0.342 e. The first-order valence-corrected chi connectivity index (χ1v) is 9.85. The summed E-state index contributed by atoms with van der Waals surface area (Å²) in [4.78, 5) is 17.0. The second-order valence-electron chi connectivity index (χ2n) is 6.95. The van der Waals surface area contributed by atoms with E-state index in [1.807, 2.05) is 37.3 Å². The topological polar surface area (TPSA) is 102 Å². The van der Waals surface area contributed by atoms with Crippen LogP contribution in [0.3, 0.4) is 0 Å². The van der Waals surface area contributed by atoms with Gasteiger partial charge in [0, 0.05) is 5.56 Å². The standard InChI is InChI=1S/C23H22N4O5/c1-14-21(15(2)27(25-14)17-8-6-5-7-9-17)23(28)31-13-20-24-22(26-32-20)16-10-11-18(29-3)19(12-16)30-4/h5-12H,13H2,1-4H3. The number of carbonyl (C=O) groups excluding carboxylic acids is 1. The van der Waals surface area contributed by atoms with Crippen LogP contribution >= 0.6 is 0 Å². The largest absolute Gasteiger partial charge is 0.493 e. The molecule has 0 N–H and O–H groups in total. The molecule has 4 aromatic rings. The molecule has 0 bridgehead atoms. The van der Waals surface area contributed by atoms with Crippen LogP contribution in [0.15, 0.2) is 53.1 Å². The van der Waals surface area contributed by atoms with Gasteiger partial charge in [0.2, 0.25) is 5.82 Å². The quantitative estimate of drug-likeness (QED) is 0.404. The van der Waals surface area contributed by atoms with Crippen molar-refractivity contribution >= 4 is 5.97 Å². The molecule has 0 spiro atoms. The predicted molar refractivity (Wildman–Crippen MR) is 115 cm³/mol. The zero-order chi connectivity index (χ0) is 22.7. The van der Waals surface area contributed by atoms with E-state index in [0.29, 0.717) is 39.8 Å². The van der Waals surface area contributed by atoms with Crippen LogP contribution in [0.2, 0.25) is 0 Å². The average molecular weight is 434 g/mol. The zero-order valence-electron chi connectivity index (χ0n) is 18.2. The second-order valence-corrected chi connectivity index (χ2v) is 6.95. The third-order valence-corrected chi connectivity index (χ3v) is 4.93. The van der Waals surface area contributed by atoms with E-state index in [2.05, 4.69) is 15.2 Å². The minimum absolute atomic E-state index is 0.158. The molecule has 32 heavy (non-hydrogen) atoms. The molecule has 9 nitrogen and oxygen atoms in total. The second kappa shape index (κ2) is 8.93. The molecule has 0 radical (unpaired) electrons. The monoisotopic (exact) mass is 434 g/mol. The van der Waals surface area contributed by atoms with Crippen molar-refractivity contribution in [1.82, 2.24) is 19.9 Å². The van der Waals surface area contributed by atoms with Crippen molar-refractivity contribution in [2.45, 2.75) is 20.5 Å². The molecule has 164 valence electrons. The molecular formula is C23H22N4O5. The van der Waals surface area contributed by atoms with Crippen LogP contribution in [0, 0.1) is 13.8 Å². The van der Waals surface area contributed by atoms with Crippen molar-refractivity contribution < 1.29 is 23.5 Å². The number of methoxy groups -OCH3 is 2. The normalized spacial score (nSPS) is 10.8. The summed E-state index contributed by atoms with van der Waals surface area (Å²) in [6, 6.07) is 14.9. The summed E-state index contributed by atoms with van der Waals surface area (Å²) in [6.45, 7) is 3.44. The third-order valence-electron chi connectivity index (χ3n) is 4.93. The van der Waals surface area contributed by atoms with Crippen LogP contribution in [0.1, 0.15) is 27.6 Å². The number of hydrogen-bond donors (Lipinski definition) is 0. The zero-order valence-corrected chi connectivity index (χ0v) is 18.2. The Labute approximate surface area is 184 Å². The summed E-state index contributed by atoms with van der Waals surface area (Å²) in [6.07, 6.45) is 0. The van der Waals surface area contributed by atoms with Crippen LogP contribution in [0.5, 0.6) is 11.5 Å². The van der Waals surface area contributed by atoms with Crippen molar-refractivity contribution in [3.05, 3.63) is 71.4 Å². The van der Waals surface area contributed by atoms with Crippen LogP contribution in [0.4, 0.5) is 0 Å². The fourth-order valence-corrected chi connectivity index (χ4v) is 3.36. The first-order chi connectivity index (χ1) is 15.5. The highest BCUT2D eigenvalue weighted by atomic mass is 16.6. The highest BCUT2D eigenvalue weighted by Crippen LogP contribution is 2.31. The molecule has 4 rings (SSSR count). The van der Waals surface area contributed by atoms with Gasteiger partial charge in [-0.3, -0.25) is 0 Å². The van der Waals surface area contributed by atoms with Gasteiger partial charge in [0.05, 0.1) is 31.3 Å². The van der Waals surface area contributed by atoms with E-state index in [0.717, 1.165) is 5.69 Å². The number of aromatic nitrogens is 4. The van der Waals surface area contributed by atoms with E-state index in [1.54, 1.807) is 44.0 Å². The number of para-hydroxylation sites is 1. The van der Waals surface area contributed by atoms with Gasteiger partial charge >= 0.3 is 5.97 Å². The summed E-state index contributed by atoms with van der Waals surface area (Å²) in [7, 11) is 3.11. The Hall–Kier alpha value is -4.14. The van der Waals surface area contributed by atoms with Crippen LogP contribution in [-0.2, 0) is 11.3 Å². The van der Waals surface area contributed by atoms with Crippen LogP contribution in [0.25, 0.3) is 17.1 Å². The minimum Gasteiger partial charge on any atom is -0.493 e. The number of aryl methyl sites for hydroxylation is 1. The molecule has 0 fully saturated rings. The number of rotatable bonds is 7.